The number of hydrogen-bond donors (Lipinski definition) is 4. The second-order valence-electron chi connectivity index (χ2n) is 3.61. The zero-order valence-electron chi connectivity index (χ0n) is 8.81. The van der Waals surface area contributed by atoms with Crippen molar-refractivity contribution in [2.24, 2.45) is 0 Å². The van der Waals surface area contributed by atoms with Crippen LogP contribution in [-0.4, -0.2) is 27.3 Å². The minimum atomic E-state index is -1.01. The van der Waals surface area contributed by atoms with E-state index in [1.54, 1.807) is 18.2 Å². The van der Waals surface area contributed by atoms with Crippen LogP contribution in [0.2, 0.25) is 0 Å². The first-order chi connectivity index (χ1) is 7.60. The number of nitrogens with two attached hydrogens (primary N) is 1. The molecule has 0 radical (unpaired) electrons. The van der Waals surface area contributed by atoms with Crippen LogP contribution in [0, 0.1) is 0 Å². The van der Waals surface area contributed by atoms with E-state index in [0.717, 1.165) is 0 Å². The summed E-state index contributed by atoms with van der Waals surface area (Å²) in [6.07, 6.45) is -1.61. The molecule has 0 spiro atoms. The van der Waals surface area contributed by atoms with E-state index in [0.29, 0.717) is 23.2 Å². The molecule has 2 unspecified atom stereocenters. The molecule has 0 saturated heterocycles. The Morgan fingerprint density at radius 3 is 2.56 bits per heavy atom. The smallest absolute Gasteiger partial charge is 0.105 e. The molecule has 5 N–H and O–H groups in total. The highest BCUT2D eigenvalue weighted by molar-refractivity contribution is 6.17. The van der Waals surface area contributed by atoms with Crippen LogP contribution in [0.4, 0.5) is 5.69 Å². The van der Waals surface area contributed by atoms with Gasteiger partial charge in [-0.3, -0.25) is 0 Å². The van der Waals surface area contributed by atoms with Crippen LogP contribution in [0.1, 0.15) is 23.7 Å². The normalized spacial score (nSPS) is 14.8. The van der Waals surface area contributed by atoms with Crippen molar-refractivity contribution >= 4 is 17.3 Å². The molecule has 0 aromatic heterocycles. The summed E-state index contributed by atoms with van der Waals surface area (Å²) < 4.78 is 0. The van der Waals surface area contributed by atoms with Crippen molar-refractivity contribution < 1.29 is 15.3 Å². The number of halogens is 1. The zero-order valence-corrected chi connectivity index (χ0v) is 9.56. The Morgan fingerprint density at radius 2 is 2.00 bits per heavy atom. The summed E-state index contributed by atoms with van der Waals surface area (Å²) in [6.45, 7) is -0.196. The lowest BCUT2D eigenvalue weighted by atomic mass is 10.00. The molecule has 0 aliphatic heterocycles. The van der Waals surface area contributed by atoms with Gasteiger partial charge >= 0.3 is 0 Å². The third-order valence-electron chi connectivity index (χ3n) is 2.45. The van der Waals surface area contributed by atoms with Crippen LogP contribution in [0.3, 0.4) is 0 Å². The first-order valence-electron chi connectivity index (χ1n) is 5.01. The number of benzene rings is 1. The van der Waals surface area contributed by atoms with Gasteiger partial charge in [-0.25, -0.2) is 0 Å². The lowest BCUT2D eigenvalue weighted by Crippen LogP contribution is -2.19. The van der Waals surface area contributed by atoms with Crippen molar-refractivity contribution in [3.63, 3.8) is 0 Å². The number of rotatable bonds is 5. The highest BCUT2D eigenvalue weighted by Gasteiger charge is 2.18. The fourth-order valence-electron chi connectivity index (χ4n) is 1.44. The molecular formula is C11H16ClNO3. The van der Waals surface area contributed by atoms with Crippen molar-refractivity contribution in [1.82, 2.24) is 0 Å². The summed E-state index contributed by atoms with van der Waals surface area (Å²) in [4.78, 5) is 0. The number of aliphatic hydroxyl groups is 3. The van der Waals surface area contributed by atoms with Crippen molar-refractivity contribution in [2.45, 2.75) is 25.2 Å². The van der Waals surface area contributed by atoms with Crippen LogP contribution >= 0.6 is 11.6 Å². The largest absolute Gasteiger partial charge is 0.398 e. The summed E-state index contributed by atoms with van der Waals surface area (Å²) in [5.74, 6) is 0.278. The minimum absolute atomic E-state index is 0.196. The van der Waals surface area contributed by atoms with E-state index in [4.69, 9.17) is 22.4 Å². The number of anilines is 1. The molecule has 4 nitrogen and oxygen atoms in total. The molecule has 1 rings (SSSR count). The van der Waals surface area contributed by atoms with E-state index in [2.05, 4.69) is 0 Å². The molecule has 90 valence electrons. The maximum Gasteiger partial charge on any atom is 0.105 e. The molecule has 5 heteroatoms. The van der Waals surface area contributed by atoms with Gasteiger partial charge in [0.25, 0.3) is 0 Å². The fourth-order valence-corrected chi connectivity index (χ4v) is 1.66. The number of alkyl halides is 1. The first kappa shape index (κ1) is 13.3. The van der Waals surface area contributed by atoms with Gasteiger partial charge < -0.3 is 21.1 Å². The topological polar surface area (TPSA) is 86.7 Å². The second-order valence-corrected chi connectivity index (χ2v) is 3.98. The van der Waals surface area contributed by atoms with Gasteiger partial charge in [0.1, 0.15) is 6.10 Å². The Morgan fingerprint density at radius 1 is 1.31 bits per heavy atom. The summed E-state index contributed by atoms with van der Waals surface area (Å²) in [6, 6.07) is 4.80. The molecule has 2 atom stereocenters. The summed E-state index contributed by atoms with van der Waals surface area (Å²) in [7, 11) is 0. The van der Waals surface area contributed by atoms with Gasteiger partial charge in [-0.05, 0) is 24.1 Å². The van der Waals surface area contributed by atoms with Gasteiger partial charge in [0.05, 0.1) is 12.7 Å². The Hall–Kier alpha value is -0.810. The molecule has 0 saturated carbocycles. The molecule has 0 aliphatic rings. The third kappa shape index (κ3) is 3.09. The molecule has 0 amide bonds. The van der Waals surface area contributed by atoms with Crippen LogP contribution in [0.5, 0.6) is 0 Å². The van der Waals surface area contributed by atoms with Gasteiger partial charge in [0.15, 0.2) is 0 Å². The molecule has 0 fully saturated rings. The SMILES string of the molecule is Nc1ccc(C(O)C(O)CCCl)cc1CO. The Labute approximate surface area is 99.3 Å². The van der Waals surface area contributed by atoms with Gasteiger partial charge in [-0.15, -0.1) is 11.6 Å². The van der Waals surface area contributed by atoms with E-state index in [1.807, 2.05) is 0 Å². The average molecular weight is 246 g/mol. The highest BCUT2D eigenvalue weighted by Crippen LogP contribution is 2.23. The summed E-state index contributed by atoms with van der Waals surface area (Å²) >= 11 is 5.48. The lowest BCUT2D eigenvalue weighted by Gasteiger charge is -2.18. The van der Waals surface area contributed by atoms with Gasteiger partial charge in [0, 0.05) is 17.1 Å². The van der Waals surface area contributed by atoms with E-state index in [-0.39, 0.29) is 12.5 Å². The highest BCUT2D eigenvalue weighted by atomic mass is 35.5. The van der Waals surface area contributed by atoms with E-state index in [9.17, 15) is 10.2 Å². The average Bonchev–Trinajstić information content (AvgIpc) is 2.29. The van der Waals surface area contributed by atoms with Gasteiger partial charge in [0.2, 0.25) is 0 Å². The van der Waals surface area contributed by atoms with Crippen molar-refractivity contribution in [3.8, 4) is 0 Å². The Kier molecular flexibility index (Phi) is 5.02. The van der Waals surface area contributed by atoms with E-state index in [1.165, 1.54) is 0 Å². The molecule has 16 heavy (non-hydrogen) atoms. The number of aliphatic hydroxyl groups excluding tert-OH is 3. The Bertz CT molecular complexity index is 346. The number of hydrogen-bond acceptors (Lipinski definition) is 4. The van der Waals surface area contributed by atoms with Crippen LogP contribution in [-0.2, 0) is 6.61 Å². The van der Waals surface area contributed by atoms with Gasteiger partial charge in [-0.1, -0.05) is 6.07 Å². The van der Waals surface area contributed by atoms with Crippen molar-refractivity contribution in [2.75, 3.05) is 11.6 Å². The molecule has 0 bridgehead atoms. The summed E-state index contributed by atoms with van der Waals surface area (Å²) in [5.41, 5.74) is 7.13. The fraction of sp³-hybridized carbons (Fsp3) is 0.455. The summed E-state index contributed by atoms with van der Waals surface area (Å²) in [5, 5.41) is 28.4. The molecule has 0 heterocycles. The molecule has 1 aromatic rings. The molecule has 0 aliphatic carbocycles. The van der Waals surface area contributed by atoms with Crippen LogP contribution in [0.25, 0.3) is 0 Å². The Balaban J connectivity index is 2.87. The first-order valence-corrected chi connectivity index (χ1v) is 5.54. The second kappa shape index (κ2) is 6.06. The predicted molar refractivity (Wildman–Crippen MR) is 63.1 cm³/mol. The zero-order chi connectivity index (χ0) is 12.1. The quantitative estimate of drug-likeness (QED) is 0.456. The standard InChI is InChI=1S/C11H16ClNO3/c12-4-3-10(15)11(16)7-1-2-9(13)8(5-7)6-14/h1-2,5,10-11,14-16H,3-4,6,13H2. The van der Waals surface area contributed by atoms with Crippen molar-refractivity contribution in [1.29, 1.82) is 0 Å². The molecular weight excluding hydrogens is 230 g/mol. The number of nitrogen functional groups attached to an aromatic ring is 1. The maximum atomic E-state index is 9.80. The van der Waals surface area contributed by atoms with Crippen molar-refractivity contribution in [3.05, 3.63) is 29.3 Å². The van der Waals surface area contributed by atoms with E-state index >= 15 is 0 Å². The predicted octanol–water partition coefficient (Wildman–Crippen LogP) is 0.784. The van der Waals surface area contributed by atoms with Gasteiger partial charge in [-0.2, -0.15) is 0 Å². The van der Waals surface area contributed by atoms with E-state index < -0.39 is 12.2 Å². The molecule has 1 aromatic carbocycles. The van der Waals surface area contributed by atoms with Crippen LogP contribution in [0.15, 0.2) is 18.2 Å². The third-order valence-corrected chi connectivity index (χ3v) is 2.67. The minimum Gasteiger partial charge on any atom is -0.398 e. The monoisotopic (exact) mass is 245 g/mol. The maximum absolute atomic E-state index is 9.80. The van der Waals surface area contributed by atoms with Crippen LogP contribution < -0.4 is 5.73 Å². The lowest BCUT2D eigenvalue weighted by molar-refractivity contribution is 0.0169.